The van der Waals surface area contributed by atoms with Crippen LogP contribution >= 0.6 is 0 Å². The summed E-state index contributed by atoms with van der Waals surface area (Å²) in [4.78, 5) is 11.7. The normalized spacial score (nSPS) is 12.4. The molecule has 0 unspecified atom stereocenters. The number of esters is 1. The summed E-state index contributed by atoms with van der Waals surface area (Å²) in [5.74, 6) is 1.17. The van der Waals surface area contributed by atoms with Crippen LogP contribution in [0.25, 0.3) is 0 Å². The Hall–Kier alpha value is -3.47. The molecule has 0 saturated carbocycles. The van der Waals surface area contributed by atoms with Gasteiger partial charge in [0, 0.05) is 6.42 Å². The van der Waals surface area contributed by atoms with Crippen LogP contribution < -0.4 is 0 Å². The number of phenolic OH excluding ortho intramolecular Hbond substituents is 3. The molecule has 0 spiro atoms. The first-order valence-electron chi connectivity index (χ1n) is 20.5. The van der Waals surface area contributed by atoms with Crippen LogP contribution in [0, 0.1) is 13.8 Å². The van der Waals surface area contributed by atoms with E-state index in [1.54, 1.807) is 0 Å². The van der Waals surface area contributed by atoms with Gasteiger partial charge in [-0.1, -0.05) is 155 Å². The first kappa shape index (κ1) is 49.5. The molecule has 5 nitrogen and oxygen atoms in total. The molecule has 3 aromatic rings. The monoisotopic (exact) mass is 761 g/mol. The maximum atomic E-state index is 11.7. The zero-order chi connectivity index (χ0) is 43.1. The van der Waals surface area contributed by atoms with E-state index in [2.05, 4.69) is 143 Å². The van der Waals surface area contributed by atoms with E-state index in [-0.39, 0.29) is 33.0 Å². The molecule has 3 rings (SSSR count). The van der Waals surface area contributed by atoms with Gasteiger partial charge < -0.3 is 20.1 Å². The van der Waals surface area contributed by atoms with Gasteiger partial charge in [0.25, 0.3) is 0 Å². The number of aromatic hydroxyl groups is 3. The van der Waals surface area contributed by atoms with Crippen molar-refractivity contribution in [1.29, 1.82) is 0 Å². The smallest absolute Gasteiger partial charge is 0.306 e. The van der Waals surface area contributed by atoms with E-state index in [4.69, 9.17) is 4.74 Å². The molecule has 55 heavy (non-hydrogen) atoms. The van der Waals surface area contributed by atoms with Crippen molar-refractivity contribution in [1.82, 2.24) is 0 Å². The zero-order valence-electron chi connectivity index (χ0n) is 38.8. The number of carbonyl (C=O) groups excluding carboxylic acids is 1. The molecule has 0 amide bonds. The Bertz CT molecular complexity index is 1650. The predicted octanol–water partition coefficient (Wildman–Crippen LogP) is 13.3. The fraction of sp³-hybridized carbons (Fsp3) is 0.620. The van der Waals surface area contributed by atoms with Gasteiger partial charge in [-0.05, 0) is 122 Å². The molecule has 3 aromatic carbocycles. The van der Waals surface area contributed by atoms with Crippen molar-refractivity contribution in [3.63, 3.8) is 0 Å². The van der Waals surface area contributed by atoms with Crippen molar-refractivity contribution in [3.05, 3.63) is 86.0 Å². The standard InChI is InChI=1S/C20H32O3.C16H26O.C14H22O/c1-8-11-23-17(21)10-9-14-12-15(19(2,3)4)18(22)16(13-14)20(5,6)7;1-8-11-9-12(15(2,3)4)14(17)13(10-11)16(5,6)7;1-7-11-9(2)8-12(14(4,5)6)13(15)10(11)3/h12-13,22H,8-11H2,1-7H3;9-10,17H,8H2,1-7H3;8,15H,7H2,1-6H3. The quantitative estimate of drug-likeness (QED) is 0.209. The van der Waals surface area contributed by atoms with E-state index in [1.165, 1.54) is 16.7 Å². The average Bonchev–Trinajstić information content (AvgIpc) is 3.03. The van der Waals surface area contributed by atoms with Crippen molar-refractivity contribution < 1.29 is 24.9 Å². The van der Waals surface area contributed by atoms with E-state index >= 15 is 0 Å². The molecule has 0 aromatic heterocycles. The van der Waals surface area contributed by atoms with E-state index < -0.39 is 0 Å². The lowest BCUT2D eigenvalue weighted by atomic mass is 9.78. The van der Waals surface area contributed by atoms with Gasteiger partial charge in [0.1, 0.15) is 17.2 Å². The predicted molar refractivity (Wildman–Crippen MR) is 236 cm³/mol. The molecule has 0 aliphatic carbocycles. The number of carbonyl (C=O) groups is 1. The Kier molecular flexibility index (Phi) is 17.2. The Morgan fingerprint density at radius 2 is 0.873 bits per heavy atom. The molecule has 0 fully saturated rings. The summed E-state index contributed by atoms with van der Waals surface area (Å²) in [6.07, 6.45) is 3.84. The summed E-state index contributed by atoms with van der Waals surface area (Å²) < 4.78 is 5.14. The molecule has 0 saturated heterocycles. The van der Waals surface area contributed by atoms with Gasteiger partial charge >= 0.3 is 5.97 Å². The Balaban J connectivity index is 0.000000424. The summed E-state index contributed by atoms with van der Waals surface area (Å²) in [5.41, 5.74) is 10.7. The van der Waals surface area contributed by atoms with E-state index in [0.29, 0.717) is 36.7 Å². The molecule has 0 aliphatic heterocycles. The van der Waals surface area contributed by atoms with Gasteiger partial charge in [-0.2, -0.15) is 0 Å². The highest BCUT2D eigenvalue weighted by atomic mass is 16.5. The Labute approximate surface area is 337 Å². The SMILES string of the molecule is CCCOC(=O)CCc1cc(C(C)(C)C)c(O)c(C(C)(C)C)c1.CCc1c(C)cc(C(C)(C)C)c(O)c1C.CCc1cc(C(C)(C)C)c(O)c(C(C)(C)C)c1. The minimum absolute atomic E-state index is 0.00583. The van der Waals surface area contributed by atoms with Crippen molar-refractivity contribution in [2.24, 2.45) is 0 Å². The fourth-order valence-electron chi connectivity index (χ4n) is 6.69. The second-order valence-corrected chi connectivity index (χ2v) is 20.4. The molecular formula is C50H80O5. The number of hydrogen-bond donors (Lipinski definition) is 3. The third kappa shape index (κ3) is 14.2. The van der Waals surface area contributed by atoms with Crippen LogP contribution in [0.3, 0.4) is 0 Å². The van der Waals surface area contributed by atoms with Crippen LogP contribution in [0.1, 0.15) is 193 Å². The second-order valence-electron chi connectivity index (χ2n) is 20.4. The summed E-state index contributed by atoms with van der Waals surface area (Å²) in [5, 5.41) is 31.3. The molecule has 0 radical (unpaired) electrons. The minimum Gasteiger partial charge on any atom is -0.507 e. The van der Waals surface area contributed by atoms with Crippen molar-refractivity contribution in [2.75, 3.05) is 6.61 Å². The van der Waals surface area contributed by atoms with Gasteiger partial charge in [0.05, 0.1) is 6.61 Å². The third-order valence-electron chi connectivity index (χ3n) is 10.1. The zero-order valence-corrected chi connectivity index (χ0v) is 38.8. The van der Waals surface area contributed by atoms with Crippen LogP contribution in [0.2, 0.25) is 0 Å². The molecule has 0 heterocycles. The maximum Gasteiger partial charge on any atom is 0.306 e. The molecule has 0 bridgehead atoms. The summed E-state index contributed by atoms with van der Waals surface area (Å²) >= 11 is 0. The fourth-order valence-corrected chi connectivity index (χ4v) is 6.69. The number of ether oxygens (including phenoxy) is 1. The van der Waals surface area contributed by atoms with Crippen LogP contribution in [-0.4, -0.2) is 27.9 Å². The lowest BCUT2D eigenvalue weighted by Gasteiger charge is -2.28. The highest BCUT2D eigenvalue weighted by molar-refractivity contribution is 5.69. The number of aryl methyl sites for hydroxylation is 3. The Morgan fingerprint density at radius 3 is 1.18 bits per heavy atom. The van der Waals surface area contributed by atoms with E-state index in [1.807, 2.05) is 26.0 Å². The molecule has 0 aliphatic rings. The minimum atomic E-state index is -0.158. The third-order valence-corrected chi connectivity index (χ3v) is 10.1. The van der Waals surface area contributed by atoms with E-state index in [0.717, 1.165) is 58.2 Å². The maximum absolute atomic E-state index is 11.7. The van der Waals surface area contributed by atoms with Crippen LogP contribution in [0.5, 0.6) is 17.2 Å². The number of rotatable bonds is 7. The highest BCUT2D eigenvalue weighted by Gasteiger charge is 2.28. The molecule has 310 valence electrons. The summed E-state index contributed by atoms with van der Waals surface area (Å²) in [7, 11) is 0. The van der Waals surface area contributed by atoms with Crippen molar-refractivity contribution in [3.8, 4) is 17.2 Å². The van der Waals surface area contributed by atoms with Crippen LogP contribution in [0.15, 0.2) is 30.3 Å². The lowest BCUT2D eigenvalue weighted by Crippen LogP contribution is -2.18. The number of hydrogen-bond acceptors (Lipinski definition) is 5. The molecule has 5 heteroatoms. The van der Waals surface area contributed by atoms with E-state index in [9.17, 15) is 20.1 Å². The van der Waals surface area contributed by atoms with Crippen LogP contribution in [-0.2, 0) is 55.9 Å². The molecule has 0 atom stereocenters. The number of phenols is 3. The van der Waals surface area contributed by atoms with Gasteiger partial charge in [0.2, 0.25) is 0 Å². The van der Waals surface area contributed by atoms with Gasteiger partial charge in [-0.15, -0.1) is 0 Å². The first-order valence-corrected chi connectivity index (χ1v) is 20.5. The van der Waals surface area contributed by atoms with Crippen molar-refractivity contribution >= 4 is 5.97 Å². The van der Waals surface area contributed by atoms with Gasteiger partial charge in [0.15, 0.2) is 0 Å². The average molecular weight is 761 g/mol. The van der Waals surface area contributed by atoms with Gasteiger partial charge in [-0.25, -0.2) is 0 Å². The summed E-state index contributed by atoms with van der Waals surface area (Å²) in [6, 6.07) is 10.5. The Morgan fingerprint density at radius 1 is 0.527 bits per heavy atom. The van der Waals surface area contributed by atoms with Crippen molar-refractivity contribution in [2.45, 2.75) is 198 Å². The van der Waals surface area contributed by atoms with Crippen LogP contribution in [0.4, 0.5) is 0 Å². The largest absolute Gasteiger partial charge is 0.507 e. The number of benzene rings is 3. The highest BCUT2D eigenvalue weighted by Crippen LogP contribution is 2.41. The first-order chi connectivity index (χ1) is 24.8. The van der Waals surface area contributed by atoms with Gasteiger partial charge in [-0.3, -0.25) is 4.79 Å². The lowest BCUT2D eigenvalue weighted by molar-refractivity contribution is -0.143. The summed E-state index contributed by atoms with van der Waals surface area (Å²) in [6.45, 7) is 42.7. The second kappa shape index (κ2) is 19.1. The molecular weight excluding hydrogens is 681 g/mol. The molecule has 3 N–H and O–H groups in total. The topological polar surface area (TPSA) is 87.0 Å².